The van der Waals surface area contributed by atoms with Crippen LogP contribution >= 0.6 is 0 Å². The Morgan fingerprint density at radius 2 is 1.85 bits per heavy atom. The van der Waals surface area contributed by atoms with Gasteiger partial charge in [-0.15, -0.1) is 0 Å². The van der Waals surface area contributed by atoms with Gasteiger partial charge in [0.2, 0.25) is 5.91 Å². The Labute approximate surface area is 113 Å². The molecule has 0 radical (unpaired) electrons. The molecule has 0 spiro atoms. The minimum atomic E-state index is -4.71. The van der Waals surface area contributed by atoms with E-state index < -0.39 is 29.3 Å². The molecule has 1 aromatic rings. The summed E-state index contributed by atoms with van der Waals surface area (Å²) in [5.74, 6) is -1.49. The number of anilines is 2. The summed E-state index contributed by atoms with van der Waals surface area (Å²) in [6, 6.07) is 1.51. The molecule has 0 fully saturated rings. The minimum Gasteiger partial charge on any atom is -0.465 e. The topological polar surface area (TPSA) is 72.6 Å². The number of carbonyl (C=O) groups excluding carboxylic acids is 2. The normalized spacial score (nSPS) is 11.1. The quantitative estimate of drug-likeness (QED) is 0.668. The SMILES string of the molecule is COC(=O)c1cc(N(C)C(C)=O)c(C(F)(F)F)cc1N. The molecule has 0 aliphatic carbocycles. The van der Waals surface area contributed by atoms with Crippen molar-refractivity contribution in [1.29, 1.82) is 0 Å². The molecule has 20 heavy (non-hydrogen) atoms. The van der Waals surface area contributed by atoms with Gasteiger partial charge >= 0.3 is 12.1 Å². The smallest absolute Gasteiger partial charge is 0.418 e. The van der Waals surface area contributed by atoms with Crippen LogP contribution in [0.25, 0.3) is 0 Å². The van der Waals surface area contributed by atoms with Crippen molar-refractivity contribution in [2.45, 2.75) is 13.1 Å². The lowest BCUT2D eigenvalue weighted by molar-refractivity contribution is -0.137. The summed E-state index contributed by atoms with van der Waals surface area (Å²) >= 11 is 0. The number of methoxy groups -OCH3 is 1. The summed E-state index contributed by atoms with van der Waals surface area (Å²) in [6.45, 7) is 1.11. The first kappa shape index (κ1) is 15.8. The van der Waals surface area contributed by atoms with E-state index in [4.69, 9.17) is 5.73 Å². The minimum absolute atomic E-state index is 0.233. The van der Waals surface area contributed by atoms with Crippen molar-refractivity contribution in [3.63, 3.8) is 0 Å². The van der Waals surface area contributed by atoms with Gasteiger partial charge in [-0.05, 0) is 12.1 Å². The first-order valence-corrected chi connectivity index (χ1v) is 5.43. The van der Waals surface area contributed by atoms with Crippen molar-refractivity contribution in [2.24, 2.45) is 0 Å². The Kier molecular flexibility index (Phi) is 4.26. The molecule has 0 saturated carbocycles. The number of ether oxygens (including phenoxy) is 1. The van der Waals surface area contributed by atoms with E-state index in [1.54, 1.807) is 0 Å². The van der Waals surface area contributed by atoms with Crippen LogP contribution in [0.4, 0.5) is 24.5 Å². The molecule has 1 rings (SSSR count). The standard InChI is InChI=1S/C12H13F3N2O3/c1-6(18)17(2)10-4-7(11(19)20-3)9(16)5-8(10)12(13,14)15/h4-5H,16H2,1-3H3. The van der Waals surface area contributed by atoms with Gasteiger partial charge in [0, 0.05) is 19.7 Å². The lowest BCUT2D eigenvalue weighted by Crippen LogP contribution is -2.26. The zero-order valence-electron chi connectivity index (χ0n) is 11.0. The van der Waals surface area contributed by atoms with Crippen LogP contribution in [0.1, 0.15) is 22.8 Å². The second-order valence-electron chi connectivity index (χ2n) is 4.02. The van der Waals surface area contributed by atoms with Crippen molar-refractivity contribution >= 4 is 23.3 Å². The lowest BCUT2D eigenvalue weighted by atomic mass is 10.0. The zero-order valence-corrected chi connectivity index (χ0v) is 11.0. The number of rotatable bonds is 2. The molecule has 0 saturated heterocycles. The predicted molar refractivity (Wildman–Crippen MR) is 66.3 cm³/mol. The average molecular weight is 290 g/mol. The van der Waals surface area contributed by atoms with Gasteiger partial charge in [-0.1, -0.05) is 0 Å². The first-order chi connectivity index (χ1) is 9.09. The number of hydrogen-bond acceptors (Lipinski definition) is 4. The van der Waals surface area contributed by atoms with Gasteiger partial charge in [-0.25, -0.2) is 4.79 Å². The second-order valence-corrected chi connectivity index (χ2v) is 4.02. The van der Waals surface area contributed by atoms with Crippen LogP contribution in [-0.4, -0.2) is 26.0 Å². The molecule has 8 heteroatoms. The van der Waals surface area contributed by atoms with E-state index in [2.05, 4.69) is 4.74 Å². The Bertz CT molecular complexity index is 556. The van der Waals surface area contributed by atoms with Crippen molar-refractivity contribution in [3.05, 3.63) is 23.3 Å². The maximum absolute atomic E-state index is 13.0. The number of esters is 1. The number of nitrogen functional groups attached to an aromatic ring is 1. The van der Waals surface area contributed by atoms with Crippen molar-refractivity contribution < 1.29 is 27.5 Å². The van der Waals surface area contributed by atoms with E-state index in [9.17, 15) is 22.8 Å². The highest BCUT2D eigenvalue weighted by Crippen LogP contribution is 2.39. The monoisotopic (exact) mass is 290 g/mol. The summed E-state index contributed by atoms with van der Waals surface area (Å²) in [7, 11) is 2.25. The van der Waals surface area contributed by atoms with Crippen LogP contribution in [-0.2, 0) is 15.7 Å². The maximum atomic E-state index is 13.0. The van der Waals surface area contributed by atoms with Crippen molar-refractivity contribution in [1.82, 2.24) is 0 Å². The van der Waals surface area contributed by atoms with E-state index in [-0.39, 0.29) is 11.3 Å². The van der Waals surface area contributed by atoms with Gasteiger partial charge < -0.3 is 15.4 Å². The van der Waals surface area contributed by atoms with Gasteiger partial charge in [0.15, 0.2) is 0 Å². The van der Waals surface area contributed by atoms with E-state index in [0.29, 0.717) is 6.07 Å². The van der Waals surface area contributed by atoms with Crippen molar-refractivity contribution in [2.75, 3.05) is 24.8 Å². The molecule has 2 N–H and O–H groups in total. The van der Waals surface area contributed by atoms with E-state index in [0.717, 1.165) is 25.0 Å². The third kappa shape index (κ3) is 3.01. The molecular formula is C12H13F3N2O3. The molecule has 5 nitrogen and oxygen atoms in total. The molecular weight excluding hydrogens is 277 g/mol. The number of carbonyl (C=O) groups is 2. The van der Waals surface area contributed by atoms with Gasteiger partial charge in [-0.3, -0.25) is 4.79 Å². The van der Waals surface area contributed by atoms with Crippen molar-refractivity contribution in [3.8, 4) is 0 Å². The lowest BCUT2D eigenvalue weighted by Gasteiger charge is -2.22. The largest absolute Gasteiger partial charge is 0.465 e. The maximum Gasteiger partial charge on any atom is 0.418 e. The summed E-state index contributed by atoms with van der Waals surface area (Å²) in [4.78, 5) is 23.5. The number of benzene rings is 1. The first-order valence-electron chi connectivity index (χ1n) is 5.43. The number of nitrogens with zero attached hydrogens (tertiary/aromatic N) is 1. The van der Waals surface area contributed by atoms with Gasteiger partial charge in [0.1, 0.15) is 0 Å². The van der Waals surface area contributed by atoms with Crippen LogP contribution in [0.3, 0.4) is 0 Å². The molecule has 0 aliphatic rings. The van der Waals surface area contributed by atoms with Crippen LogP contribution in [0.5, 0.6) is 0 Å². The van der Waals surface area contributed by atoms with E-state index in [1.165, 1.54) is 7.05 Å². The number of nitrogens with two attached hydrogens (primary N) is 1. The summed E-state index contributed by atoms with van der Waals surface area (Å²) in [5, 5.41) is 0. The number of amides is 1. The molecule has 110 valence electrons. The second kappa shape index (κ2) is 5.40. The zero-order chi connectivity index (χ0) is 15.7. The van der Waals surface area contributed by atoms with E-state index >= 15 is 0 Å². The number of halogens is 3. The van der Waals surface area contributed by atoms with Gasteiger partial charge in [0.25, 0.3) is 0 Å². The molecule has 0 aliphatic heterocycles. The Balaban J connectivity index is 3.58. The van der Waals surface area contributed by atoms with Gasteiger partial charge in [0.05, 0.1) is 23.9 Å². The molecule has 0 unspecified atom stereocenters. The summed E-state index contributed by atoms with van der Waals surface area (Å²) < 4.78 is 43.3. The highest BCUT2D eigenvalue weighted by Gasteiger charge is 2.36. The molecule has 1 aromatic carbocycles. The summed E-state index contributed by atoms with van der Waals surface area (Å²) in [5.41, 5.74) is 3.28. The molecule has 0 bridgehead atoms. The fourth-order valence-corrected chi connectivity index (χ4v) is 1.57. The molecule has 0 aromatic heterocycles. The highest BCUT2D eigenvalue weighted by molar-refractivity contribution is 5.99. The van der Waals surface area contributed by atoms with Crippen LogP contribution in [0.2, 0.25) is 0 Å². The third-order valence-corrected chi connectivity index (χ3v) is 2.71. The van der Waals surface area contributed by atoms with Crippen LogP contribution in [0.15, 0.2) is 12.1 Å². The Morgan fingerprint density at radius 1 is 1.30 bits per heavy atom. The average Bonchev–Trinajstić information content (AvgIpc) is 2.35. The molecule has 0 heterocycles. The van der Waals surface area contributed by atoms with E-state index in [1.807, 2.05) is 0 Å². The third-order valence-electron chi connectivity index (χ3n) is 2.71. The number of hydrogen-bond donors (Lipinski definition) is 1. The van der Waals surface area contributed by atoms with Gasteiger partial charge in [-0.2, -0.15) is 13.2 Å². The summed E-state index contributed by atoms with van der Waals surface area (Å²) in [6.07, 6.45) is -4.71. The fourth-order valence-electron chi connectivity index (χ4n) is 1.57. The Hall–Kier alpha value is -2.25. The number of alkyl halides is 3. The van der Waals surface area contributed by atoms with Crippen LogP contribution < -0.4 is 10.6 Å². The Morgan fingerprint density at radius 3 is 2.25 bits per heavy atom. The highest BCUT2D eigenvalue weighted by atomic mass is 19.4. The predicted octanol–water partition coefficient (Wildman–Crippen LogP) is 2.06. The van der Waals surface area contributed by atoms with Crippen LogP contribution in [0, 0.1) is 0 Å². The molecule has 1 amide bonds. The fraction of sp³-hybridized carbons (Fsp3) is 0.333. The molecule has 0 atom stereocenters.